The largest absolute Gasteiger partial charge is 0.465 e. The average molecular weight is 452 g/mol. The van der Waals surface area contributed by atoms with Gasteiger partial charge in [0.2, 0.25) is 0 Å². The van der Waals surface area contributed by atoms with E-state index >= 15 is 0 Å². The lowest BCUT2D eigenvalue weighted by Crippen LogP contribution is -2.48. The number of hydrogen-bond acceptors (Lipinski definition) is 7. The zero-order valence-electron chi connectivity index (χ0n) is 18.7. The van der Waals surface area contributed by atoms with E-state index in [9.17, 15) is 19.2 Å². The van der Waals surface area contributed by atoms with Gasteiger partial charge in [0.1, 0.15) is 5.75 Å². The molecule has 0 spiro atoms. The first kappa shape index (κ1) is 23.5. The summed E-state index contributed by atoms with van der Waals surface area (Å²) in [5.41, 5.74) is 1.50. The van der Waals surface area contributed by atoms with Gasteiger partial charge in [-0.1, -0.05) is 24.3 Å². The van der Waals surface area contributed by atoms with Crippen LogP contribution in [0.3, 0.4) is 0 Å². The van der Waals surface area contributed by atoms with Crippen molar-refractivity contribution >= 4 is 29.6 Å². The number of rotatable bonds is 6. The molecule has 1 unspecified atom stereocenters. The highest BCUT2D eigenvalue weighted by Gasteiger charge is 2.38. The van der Waals surface area contributed by atoms with Crippen LogP contribution >= 0.6 is 0 Å². The van der Waals surface area contributed by atoms with Crippen LogP contribution in [-0.4, -0.2) is 37.7 Å². The number of methoxy groups -OCH3 is 1. The Morgan fingerprint density at radius 1 is 1.06 bits per heavy atom. The van der Waals surface area contributed by atoms with Crippen molar-refractivity contribution in [1.82, 2.24) is 5.32 Å². The fourth-order valence-corrected chi connectivity index (χ4v) is 3.62. The molecule has 0 saturated carbocycles. The monoisotopic (exact) mass is 452 g/mol. The molecule has 1 heterocycles. The SMILES string of the molecule is CCOC(=O)C1=C(C)N(c2cccc(C(=O)OC)c2)C(=O)NC1c1ccccc1OC(C)=O. The summed E-state index contributed by atoms with van der Waals surface area (Å²) in [6.07, 6.45) is 0. The summed E-state index contributed by atoms with van der Waals surface area (Å²) >= 11 is 0. The molecule has 2 aromatic carbocycles. The van der Waals surface area contributed by atoms with Crippen molar-refractivity contribution < 1.29 is 33.4 Å². The number of carbonyl (C=O) groups excluding carboxylic acids is 4. The first-order chi connectivity index (χ1) is 15.8. The fourth-order valence-electron chi connectivity index (χ4n) is 3.62. The Bertz CT molecular complexity index is 1140. The van der Waals surface area contributed by atoms with E-state index in [0.717, 1.165) is 0 Å². The Balaban J connectivity index is 2.16. The van der Waals surface area contributed by atoms with Crippen LogP contribution < -0.4 is 15.0 Å². The molecule has 2 amide bonds. The average Bonchev–Trinajstić information content (AvgIpc) is 2.78. The number of anilines is 1. The standard InChI is InChI=1S/C24H24N2O7/c1-5-32-23(29)20-14(2)26(17-10-8-9-16(13-17)22(28)31-4)24(30)25-21(20)18-11-6-7-12-19(18)33-15(3)27/h6-13,21H,5H2,1-4H3,(H,25,30). The third-order valence-electron chi connectivity index (χ3n) is 4.99. The molecule has 0 aliphatic carbocycles. The quantitative estimate of drug-likeness (QED) is 0.527. The minimum absolute atomic E-state index is 0.125. The lowest BCUT2D eigenvalue weighted by atomic mass is 9.93. The van der Waals surface area contributed by atoms with Gasteiger partial charge in [0.05, 0.1) is 36.6 Å². The molecule has 172 valence electrons. The number of nitrogens with zero attached hydrogens (tertiary/aromatic N) is 1. The number of benzene rings is 2. The molecule has 0 radical (unpaired) electrons. The highest BCUT2D eigenvalue weighted by atomic mass is 16.5. The van der Waals surface area contributed by atoms with Crippen molar-refractivity contribution in [1.29, 1.82) is 0 Å². The van der Waals surface area contributed by atoms with Crippen LogP contribution in [0.5, 0.6) is 5.75 Å². The fraction of sp³-hybridized carbons (Fsp3) is 0.250. The van der Waals surface area contributed by atoms with Crippen molar-refractivity contribution in [3.05, 3.63) is 70.9 Å². The van der Waals surface area contributed by atoms with Gasteiger partial charge in [-0.3, -0.25) is 9.69 Å². The zero-order chi connectivity index (χ0) is 24.1. The normalized spacial score (nSPS) is 15.6. The van der Waals surface area contributed by atoms with E-state index in [1.807, 2.05) is 0 Å². The minimum atomic E-state index is -0.924. The molecule has 2 aromatic rings. The number of para-hydroxylation sites is 1. The summed E-state index contributed by atoms with van der Waals surface area (Å²) in [6.45, 7) is 4.67. The van der Waals surface area contributed by atoms with E-state index in [1.54, 1.807) is 56.3 Å². The highest BCUT2D eigenvalue weighted by Crippen LogP contribution is 2.37. The van der Waals surface area contributed by atoms with Crippen molar-refractivity contribution in [3.63, 3.8) is 0 Å². The van der Waals surface area contributed by atoms with Crippen molar-refractivity contribution in [3.8, 4) is 5.75 Å². The van der Waals surface area contributed by atoms with Crippen molar-refractivity contribution in [2.75, 3.05) is 18.6 Å². The molecule has 33 heavy (non-hydrogen) atoms. The Hall–Kier alpha value is -4.14. The number of carbonyl (C=O) groups is 4. The van der Waals surface area contributed by atoms with Gasteiger partial charge in [0, 0.05) is 18.2 Å². The van der Waals surface area contributed by atoms with Gasteiger partial charge in [0.15, 0.2) is 0 Å². The number of urea groups is 1. The van der Waals surface area contributed by atoms with E-state index < -0.39 is 30.0 Å². The summed E-state index contributed by atoms with van der Waals surface area (Å²) in [5.74, 6) is -1.52. The van der Waals surface area contributed by atoms with Crippen LogP contribution in [0.2, 0.25) is 0 Å². The topological polar surface area (TPSA) is 111 Å². The third kappa shape index (κ3) is 4.87. The summed E-state index contributed by atoms with van der Waals surface area (Å²) < 4.78 is 15.3. The van der Waals surface area contributed by atoms with Gasteiger partial charge in [-0.2, -0.15) is 0 Å². The van der Waals surface area contributed by atoms with Crippen molar-refractivity contribution in [2.24, 2.45) is 0 Å². The van der Waals surface area contributed by atoms with E-state index in [4.69, 9.17) is 14.2 Å². The number of ether oxygens (including phenoxy) is 3. The predicted molar refractivity (Wildman–Crippen MR) is 119 cm³/mol. The molecule has 1 N–H and O–H groups in total. The Morgan fingerprint density at radius 2 is 1.79 bits per heavy atom. The Kier molecular flexibility index (Phi) is 7.12. The molecule has 1 aliphatic rings. The van der Waals surface area contributed by atoms with Crippen molar-refractivity contribution in [2.45, 2.75) is 26.8 Å². The molecule has 9 nitrogen and oxygen atoms in total. The number of nitrogens with one attached hydrogen (secondary N) is 1. The van der Waals surface area contributed by atoms with Gasteiger partial charge in [0.25, 0.3) is 0 Å². The van der Waals surface area contributed by atoms with Crippen LogP contribution in [0.15, 0.2) is 59.8 Å². The van der Waals surface area contributed by atoms with Crippen LogP contribution in [-0.2, 0) is 19.1 Å². The number of amides is 2. The van der Waals surface area contributed by atoms with E-state index in [2.05, 4.69) is 5.32 Å². The first-order valence-corrected chi connectivity index (χ1v) is 10.2. The van der Waals surface area contributed by atoms with E-state index in [1.165, 1.54) is 25.0 Å². The Labute approximate surface area is 190 Å². The number of esters is 3. The molecule has 0 bridgehead atoms. The lowest BCUT2D eigenvalue weighted by Gasteiger charge is -2.35. The molecular weight excluding hydrogens is 428 g/mol. The molecule has 0 fully saturated rings. The maximum absolute atomic E-state index is 13.2. The maximum atomic E-state index is 13.2. The summed E-state index contributed by atoms with van der Waals surface area (Å²) in [5, 5.41) is 2.80. The van der Waals surface area contributed by atoms with Gasteiger partial charge < -0.3 is 19.5 Å². The number of allylic oxidation sites excluding steroid dienone is 1. The minimum Gasteiger partial charge on any atom is -0.465 e. The second kappa shape index (κ2) is 9.99. The third-order valence-corrected chi connectivity index (χ3v) is 4.99. The second-order valence-corrected chi connectivity index (χ2v) is 7.11. The molecule has 0 saturated heterocycles. The molecule has 9 heteroatoms. The molecule has 3 rings (SSSR count). The summed E-state index contributed by atoms with van der Waals surface area (Å²) in [7, 11) is 1.26. The lowest BCUT2D eigenvalue weighted by molar-refractivity contribution is -0.139. The number of hydrogen-bond donors (Lipinski definition) is 1. The van der Waals surface area contributed by atoms with Crippen LogP contribution in [0.25, 0.3) is 0 Å². The predicted octanol–water partition coefficient (Wildman–Crippen LogP) is 3.51. The van der Waals surface area contributed by atoms with Crippen LogP contribution in [0.4, 0.5) is 10.5 Å². The summed E-state index contributed by atoms with van der Waals surface area (Å²) in [6, 6.07) is 11.4. The van der Waals surface area contributed by atoms with E-state index in [0.29, 0.717) is 16.9 Å². The maximum Gasteiger partial charge on any atom is 0.338 e. The smallest absolute Gasteiger partial charge is 0.338 e. The van der Waals surface area contributed by atoms with Gasteiger partial charge in [-0.25, -0.2) is 14.4 Å². The molecular formula is C24H24N2O7. The zero-order valence-corrected chi connectivity index (χ0v) is 18.7. The van der Waals surface area contributed by atoms with Gasteiger partial charge in [-0.05, 0) is 38.1 Å². The highest BCUT2D eigenvalue weighted by molar-refractivity contribution is 6.04. The molecule has 0 aromatic heterocycles. The summed E-state index contributed by atoms with van der Waals surface area (Å²) in [4.78, 5) is 51.0. The van der Waals surface area contributed by atoms with Crippen LogP contribution in [0.1, 0.15) is 42.7 Å². The molecule has 1 aliphatic heterocycles. The van der Waals surface area contributed by atoms with Gasteiger partial charge >= 0.3 is 23.9 Å². The van der Waals surface area contributed by atoms with Gasteiger partial charge in [-0.15, -0.1) is 0 Å². The second-order valence-electron chi connectivity index (χ2n) is 7.11. The molecule has 1 atom stereocenters. The van der Waals surface area contributed by atoms with Crippen LogP contribution in [0, 0.1) is 0 Å². The Morgan fingerprint density at radius 3 is 2.45 bits per heavy atom. The van der Waals surface area contributed by atoms with E-state index in [-0.39, 0.29) is 23.5 Å². The first-order valence-electron chi connectivity index (χ1n) is 10.2.